The summed E-state index contributed by atoms with van der Waals surface area (Å²) < 4.78 is 17.2. The number of aryl methyl sites for hydroxylation is 2. The molecule has 0 fully saturated rings. The van der Waals surface area contributed by atoms with Crippen molar-refractivity contribution in [3.8, 4) is 11.5 Å². The highest BCUT2D eigenvalue weighted by molar-refractivity contribution is 6.05. The maximum absolute atomic E-state index is 13.4. The van der Waals surface area contributed by atoms with E-state index in [1.165, 1.54) is 7.11 Å². The van der Waals surface area contributed by atoms with E-state index in [1.807, 2.05) is 32.0 Å². The summed E-state index contributed by atoms with van der Waals surface area (Å²) in [5.41, 5.74) is 2.38. The summed E-state index contributed by atoms with van der Waals surface area (Å²) in [6.45, 7) is 4.23. The van der Waals surface area contributed by atoms with Crippen molar-refractivity contribution < 1.29 is 19.0 Å². The van der Waals surface area contributed by atoms with E-state index < -0.39 is 5.97 Å². The van der Waals surface area contributed by atoms with Gasteiger partial charge in [-0.05, 0) is 36.6 Å². The average Bonchev–Trinajstić information content (AvgIpc) is 2.78. The van der Waals surface area contributed by atoms with Crippen LogP contribution < -0.4 is 15.0 Å². The van der Waals surface area contributed by atoms with Gasteiger partial charge in [0.2, 0.25) is 0 Å². The van der Waals surface area contributed by atoms with Gasteiger partial charge in [-0.15, -0.1) is 0 Å². The van der Waals surface area contributed by atoms with Crippen LogP contribution in [-0.2, 0) is 24.1 Å². The fourth-order valence-electron chi connectivity index (χ4n) is 3.63. The van der Waals surface area contributed by atoms with Gasteiger partial charge in [-0.2, -0.15) is 0 Å². The van der Waals surface area contributed by atoms with Crippen molar-refractivity contribution in [1.29, 1.82) is 0 Å². The summed E-state index contributed by atoms with van der Waals surface area (Å²) in [6, 6.07) is 7.33. The second-order valence-electron chi connectivity index (χ2n) is 6.81. The monoisotopic (exact) mass is 410 g/mol. The van der Waals surface area contributed by atoms with Gasteiger partial charge in [0.05, 0.1) is 50.2 Å². The molecule has 0 aliphatic carbocycles. The second kappa shape index (κ2) is 8.98. The van der Waals surface area contributed by atoms with Crippen LogP contribution >= 0.6 is 0 Å². The fourth-order valence-corrected chi connectivity index (χ4v) is 3.63. The number of carbonyl (C=O) groups excluding carboxylic acids is 1. The van der Waals surface area contributed by atoms with E-state index >= 15 is 0 Å². The molecular weight excluding hydrogens is 384 g/mol. The summed E-state index contributed by atoms with van der Waals surface area (Å²) >= 11 is 0. The lowest BCUT2D eigenvalue weighted by molar-refractivity contribution is 0.0601. The number of rotatable bonds is 7. The van der Waals surface area contributed by atoms with Crippen molar-refractivity contribution in [2.45, 2.75) is 33.2 Å². The van der Waals surface area contributed by atoms with Crippen LogP contribution in [0.4, 0.5) is 0 Å². The largest absolute Gasteiger partial charge is 0.493 e. The van der Waals surface area contributed by atoms with Gasteiger partial charge in [-0.25, -0.2) is 4.79 Å². The molecule has 0 saturated heterocycles. The number of nitrogens with zero attached hydrogens (tertiary/aromatic N) is 2. The van der Waals surface area contributed by atoms with E-state index in [9.17, 15) is 9.59 Å². The summed E-state index contributed by atoms with van der Waals surface area (Å²) in [4.78, 5) is 30.4. The van der Waals surface area contributed by atoms with Crippen molar-refractivity contribution in [3.05, 3.63) is 63.3 Å². The van der Waals surface area contributed by atoms with Crippen molar-refractivity contribution in [2.24, 2.45) is 0 Å². The Morgan fingerprint density at radius 3 is 2.30 bits per heavy atom. The van der Waals surface area contributed by atoms with E-state index in [4.69, 9.17) is 14.2 Å². The van der Waals surface area contributed by atoms with Gasteiger partial charge in [0.1, 0.15) is 0 Å². The molecule has 7 nitrogen and oxygen atoms in total. The molecule has 1 aromatic carbocycles. The Morgan fingerprint density at radius 1 is 1.00 bits per heavy atom. The molecule has 0 aliphatic rings. The first-order valence-electron chi connectivity index (χ1n) is 9.83. The maximum atomic E-state index is 13.4. The zero-order valence-electron chi connectivity index (χ0n) is 17.9. The average molecular weight is 410 g/mol. The van der Waals surface area contributed by atoms with Crippen LogP contribution in [0, 0.1) is 0 Å². The first-order valence-corrected chi connectivity index (χ1v) is 9.83. The molecule has 7 heteroatoms. The molecular formula is C23H26N2O5. The number of hydrogen-bond acceptors (Lipinski definition) is 6. The predicted molar refractivity (Wildman–Crippen MR) is 115 cm³/mol. The molecule has 0 atom stereocenters. The predicted octanol–water partition coefficient (Wildman–Crippen LogP) is 3.37. The van der Waals surface area contributed by atoms with Crippen LogP contribution in [0.3, 0.4) is 0 Å². The number of aromatic nitrogens is 2. The molecule has 3 aromatic rings. The third-order valence-electron chi connectivity index (χ3n) is 5.14. The molecule has 0 aliphatic heterocycles. The standard InChI is InChI=1S/C23H26N2O5/c1-6-16-20-15(21(23(27)30-5)17(7-2)24-16)10-11-25(22(20)26)13-14-8-9-18(28-3)19(12-14)29-4/h8-12H,6-7,13H2,1-5H3. The Labute approximate surface area is 175 Å². The molecule has 0 bridgehead atoms. The maximum Gasteiger partial charge on any atom is 0.340 e. The van der Waals surface area contributed by atoms with Crippen molar-refractivity contribution >= 4 is 16.7 Å². The first-order chi connectivity index (χ1) is 14.5. The molecule has 158 valence electrons. The van der Waals surface area contributed by atoms with Gasteiger partial charge in [0.25, 0.3) is 5.56 Å². The Balaban J connectivity index is 2.19. The molecule has 2 heterocycles. The summed E-state index contributed by atoms with van der Waals surface area (Å²) in [6.07, 6.45) is 2.86. The van der Waals surface area contributed by atoms with Gasteiger partial charge in [-0.1, -0.05) is 19.9 Å². The van der Waals surface area contributed by atoms with Crippen LogP contribution in [0.5, 0.6) is 11.5 Å². The lowest BCUT2D eigenvalue weighted by Gasteiger charge is -2.15. The third-order valence-corrected chi connectivity index (χ3v) is 5.14. The highest BCUT2D eigenvalue weighted by Gasteiger charge is 2.21. The summed E-state index contributed by atoms with van der Waals surface area (Å²) in [5.74, 6) is 0.740. The summed E-state index contributed by atoms with van der Waals surface area (Å²) in [5, 5.41) is 1.04. The highest BCUT2D eigenvalue weighted by Crippen LogP contribution is 2.28. The molecule has 0 unspecified atom stereocenters. The van der Waals surface area contributed by atoms with E-state index in [0.29, 0.717) is 58.6 Å². The lowest BCUT2D eigenvalue weighted by atomic mass is 10.0. The molecule has 0 radical (unpaired) electrons. The van der Waals surface area contributed by atoms with Crippen LogP contribution in [-0.4, -0.2) is 36.8 Å². The summed E-state index contributed by atoms with van der Waals surface area (Å²) in [7, 11) is 4.48. The lowest BCUT2D eigenvalue weighted by Crippen LogP contribution is -2.23. The number of fused-ring (bicyclic) bond motifs is 1. The third kappa shape index (κ3) is 3.75. The van der Waals surface area contributed by atoms with E-state index in [2.05, 4.69) is 4.98 Å². The number of methoxy groups -OCH3 is 3. The molecule has 0 saturated carbocycles. The minimum atomic E-state index is -0.482. The normalized spacial score (nSPS) is 10.8. The molecule has 3 rings (SSSR count). The molecule has 0 amide bonds. The first kappa shape index (κ1) is 21.4. The van der Waals surface area contributed by atoms with Gasteiger partial charge < -0.3 is 18.8 Å². The number of benzene rings is 1. The molecule has 30 heavy (non-hydrogen) atoms. The van der Waals surface area contributed by atoms with E-state index in [0.717, 1.165) is 5.56 Å². The van der Waals surface area contributed by atoms with Gasteiger partial charge in [0, 0.05) is 11.6 Å². The van der Waals surface area contributed by atoms with E-state index in [1.54, 1.807) is 31.0 Å². The zero-order chi connectivity index (χ0) is 21.8. The van der Waals surface area contributed by atoms with Crippen LogP contribution in [0.15, 0.2) is 35.3 Å². The van der Waals surface area contributed by atoms with E-state index in [-0.39, 0.29) is 5.56 Å². The van der Waals surface area contributed by atoms with Crippen LogP contribution in [0.25, 0.3) is 10.8 Å². The quantitative estimate of drug-likeness (QED) is 0.556. The fraction of sp³-hybridized carbons (Fsp3) is 0.348. The number of ether oxygens (including phenoxy) is 3. The minimum absolute atomic E-state index is 0.195. The van der Waals surface area contributed by atoms with Crippen molar-refractivity contribution in [3.63, 3.8) is 0 Å². The zero-order valence-corrected chi connectivity index (χ0v) is 17.9. The SMILES string of the molecule is CCc1nc(CC)c2c(=O)n(Cc3ccc(OC)c(OC)c3)ccc2c1C(=O)OC. The Bertz CT molecular complexity index is 1150. The Kier molecular flexibility index (Phi) is 6.40. The minimum Gasteiger partial charge on any atom is -0.493 e. The molecule has 0 N–H and O–H groups in total. The smallest absolute Gasteiger partial charge is 0.340 e. The number of pyridine rings is 2. The number of esters is 1. The molecule has 0 spiro atoms. The van der Waals surface area contributed by atoms with Gasteiger partial charge >= 0.3 is 5.97 Å². The van der Waals surface area contributed by atoms with Crippen LogP contribution in [0.1, 0.15) is 41.2 Å². The number of carbonyl (C=O) groups is 1. The highest BCUT2D eigenvalue weighted by atomic mass is 16.5. The van der Waals surface area contributed by atoms with Crippen LogP contribution in [0.2, 0.25) is 0 Å². The Hall–Kier alpha value is -3.35. The molecule has 2 aromatic heterocycles. The van der Waals surface area contributed by atoms with Crippen molar-refractivity contribution in [2.75, 3.05) is 21.3 Å². The second-order valence-corrected chi connectivity index (χ2v) is 6.81. The number of hydrogen-bond donors (Lipinski definition) is 0. The van der Waals surface area contributed by atoms with Crippen molar-refractivity contribution in [1.82, 2.24) is 9.55 Å². The van der Waals surface area contributed by atoms with Gasteiger partial charge in [0.15, 0.2) is 11.5 Å². The Morgan fingerprint density at radius 2 is 1.70 bits per heavy atom. The topological polar surface area (TPSA) is 79.7 Å². The van der Waals surface area contributed by atoms with Gasteiger partial charge in [-0.3, -0.25) is 9.78 Å².